The Kier molecular flexibility index (Phi) is 26.3. The van der Waals surface area contributed by atoms with Crippen molar-refractivity contribution in [2.45, 2.75) is 6.92 Å². The van der Waals surface area contributed by atoms with Crippen LogP contribution in [0, 0.1) is 0 Å². The highest BCUT2D eigenvalue weighted by molar-refractivity contribution is 5.84. The van der Waals surface area contributed by atoms with Crippen LogP contribution in [0.5, 0.6) is 0 Å². The third kappa shape index (κ3) is 29.4. The molecule has 0 unspecified atom stereocenters. The first kappa shape index (κ1) is 22.2. The van der Waals surface area contributed by atoms with Crippen LogP contribution in [0.3, 0.4) is 0 Å². The molecule has 0 amide bonds. The summed E-state index contributed by atoms with van der Waals surface area (Å²) in [5.74, 6) is -0.935. The van der Waals surface area contributed by atoms with Crippen molar-refractivity contribution in [2.24, 2.45) is 0 Å². The monoisotopic (exact) mass is 268 g/mol. The summed E-state index contributed by atoms with van der Waals surface area (Å²) in [7, 11) is 1.00. The lowest BCUT2D eigenvalue weighted by molar-refractivity contribution is -0.132. The van der Waals surface area contributed by atoms with Gasteiger partial charge in [0.1, 0.15) is 0 Å². The van der Waals surface area contributed by atoms with Crippen molar-refractivity contribution in [2.75, 3.05) is 46.8 Å². The Balaban J connectivity index is -0.000000241. The molecule has 0 aromatic heterocycles. The van der Waals surface area contributed by atoms with E-state index in [1.807, 2.05) is 0 Å². The molecule has 0 aromatic carbocycles. The van der Waals surface area contributed by atoms with Gasteiger partial charge in [-0.15, -0.1) is 0 Å². The van der Waals surface area contributed by atoms with Gasteiger partial charge in [-0.3, -0.25) is 0 Å². The summed E-state index contributed by atoms with van der Waals surface area (Å²) in [6.45, 7) is 6.33. The predicted octanol–water partition coefficient (Wildman–Crippen LogP) is -0.740. The number of aliphatic hydroxyl groups is 3. The van der Waals surface area contributed by atoms with Crippen molar-refractivity contribution in [1.82, 2.24) is 0 Å². The molecule has 0 saturated carbocycles. The average Bonchev–Trinajstić information content (AvgIpc) is 2.37. The van der Waals surface area contributed by atoms with Gasteiger partial charge >= 0.3 is 5.97 Å². The number of carboxylic acids is 1. The van der Waals surface area contributed by atoms with Gasteiger partial charge in [0.2, 0.25) is 0 Å². The summed E-state index contributed by atoms with van der Waals surface area (Å²) in [4.78, 5) is 9.60. The van der Waals surface area contributed by atoms with Gasteiger partial charge in [0, 0.05) is 12.7 Å². The van der Waals surface area contributed by atoms with Crippen LogP contribution < -0.4 is 0 Å². The van der Waals surface area contributed by atoms with Gasteiger partial charge in [0.25, 0.3) is 0 Å². The highest BCUT2D eigenvalue weighted by Gasteiger charge is 1.90. The zero-order valence-corrected chi connectivity index (χ0v) is 11.0. The lowest BCUT2D eigenvalue weighted by Crippen LogP contribution is -2.09. The lowest BCUT2D eigenvalue weighted by Gasteiger charge is -2.01. The Bertz CT molecular complexity index is 162. The Hall–Kier alpha value is -0.990. The van der Waals surface area contributed by atoms with Crippen LogP contribution in [-0.2, 0) is 14.3 Å². The van der Waals surface area contributed by atoms with Crippen molar-refractivity contribution in [3.05, 3.63) is 12.2 Å². The van der Waals surface area contributed by atoms with E-state index in [1.54, 1.807) is 0 Å². The fourth-order valence-electron chi connectivity index (χ4n) is 0.451. The number of aliphatic hydroxyl groups excluding tert-OH is 3. The van der Waals surface area contributed by atoms with E-state index < -0.39 is 5.97 Å². The number of carbonyl (C=O) groups is 1. The molecule has 0 aliphatic heterocycles. The molecule has 0 bridgehead atoms. The molecule has 0 aromatic rings. The van der Waals surface area contributed by atoms with Crippen LogP contribution in [0.25, 0.3) is 0 Å². The summed E-state index contributed by atoms with van der Waals surface area (Å²) >= 11 is 0. The molecular formula is C11H24O7. The van der Waals surface area contributed by atoms with E-state index in [9.17, 15) is 4.79 Å². The molecule has 7 heteroatoms. The minimum absolute atomic E-state index is 0.0417. The second kappa shape index (κ2) is 21.3. The fourth-order valence-corrected chi connectivity index (χ4v) is 0.451. The first-order valence-electron chi connectivity index (χ1n) is 5.27. The van der Waals surface area contributed by atoms with E-state index in [2.05, 4.69) is 6.58 Å². The number of rotatable bonds is 8. The molecule has 0 atom stereocenters. The molecule has 0 aliphatic rings. The number of ether oxygens (including phenoxy) is 2. The van der Waals surface area contributed by atoms with E-state index in [0.29, 0.717) is 26.4 Å². The van der Waals surface area contributed by atoms with Crippen molar-refractivity contribution < 1.29 is 34.7 Å². The topological polar surface area (TPSA) is 116 Å². The van der Waals surface area contributed by atoms with Gasteiger partial charge in [0.15, 0.2) is 0 Å². The molecule has 0 rings (SSSR count). The summed E-state index contributed by atoms with van der Waals surface area (Å²) in [5.41, 5.74) is 0.176. The van der Waals surface area contributed by atoms with Crippen molar-refractivity contribution >= 4 is 5.97 Å². The highest BCUT2D eigenvalue weighted by atomic mass is 16.5. The van der Waals surface area contributed by atoms with Crippen LogP contribution in [0.1, 0.15) is 6.92 Å². The van der Waals surface area contributed by atoms with Gasteiger partial charge in [-0.1, -0.05) is 6.58 Å². The summed E-state index contributed by atoms with van der Waals surface area (Å²) in [5, 5.41) is 31.4. The maximum Gasteiger partial charge on any atom is 0.330 e. The molecule has 0 radical (unpaired) electrons. The van der Waals surface area contributed by atoms with Crippen molar-refractivity contribution in [3.8, 4) is 0 Å². The largest absolute Gasteiger partial charge is 0.478 e. The molecule has 0 heterocycles. The van der Waals surface area contributed by atoms with E-state index >= 15 is 0 Å². The second-order valence-corrected chi connectivity index (χ2v) is 2.76. The molecule has 0 saturated heterocycles. The normalized spacial score (nSPS) is 8.50. The van der Waals surface area contributed by atoms with Gasteiger partial charge in [-0.05, 0) is 6.92 Å². The molecule has 110 valence electrons. The SMILES string of the molecule is C=C(C)C(=O)O.CO.OCCOCCOCCO. The maximum atomic E-state index is 9.60. The van der Waals surface area contributed by atoms with Crippen molar-refractivity contribution in [3.63, 3.8) is 0 Å². The minimum Gasteiger partial charge on any atom is -0.478 e. The molecule has 0 spiro atoms. The first-order valence-corrected chi connectivity index (χ1v) is 5.27. The predicted molar refractivity (Wildman–Crippen MR) is 66.4 cm³/mol. The molecule has 18 heavy (non-hydrogen) atoms. The number of aliphatic carboxylic acids is 1. The molecule has 7 nitrogen and oxygen atoms in total. The Morgan fingerprint density at radius 1 is 1.00 bits per heavy atom. The Morgan fingerprint density at radius 2 is 1.28 bits per heavy atom. The third-order valence-corrected chi connectivity index (χ3v) is 1.21. The van der Waals surface area contributed by atoms with Gasteiger partial charge < -0.3 is 29.9 Å². The molecular weight excluding hydrogens is 244 g/mol. The molecule has 0 aliphatic carbocycles. The first-order chi connectivity index (χ1) is 8.56. The standard InChI is InChI=1S/C6H14O4.C4H6O2.CH4O/c7-1-3-9-5-6-10-4-2-8;1-3(2)4(5)6;1-2/h7-8H,1-6H2;1H2,2H3,(H,5,6);2H,1H3. The molecule has 0 fully saturated rings. The van der Waals surface area contributed by atoms with Crippen LogP contribution >= 0.6 is 0 Å². The number of carboxylic acid groups (broad SMARTS) is 1. The van der Waals surface area contributed by atoms with Gasteiger partial charge in [0.05, 0.1) is 39.6 Å². The van der Waals surface area contributed by atoms with Crippen LogP contribution in [0.4, 0.5) is 0 Å². The summed E-state index contributed by atoms with van der Waals surface area (Å²) in [6.07, 6.45) is 0. The Morgan fingerprint density at radius 3 is 1.44 bits per heavy atom. The van der Waals surface area contributed by atoms with Crippen LogP contribution in [0.15, 0.2) is 12.2 Å². The smallest absolute Gasteiger partial charge is 0.330 e. The Labute approximate surface area is 107 Å². The highest BCUT2D eigenvalue weighted by Crippen LogP contribution is 1.81. The summed E-state index contributed by atoms with van der Waals surface area (Å²) in [6, 6.07) is 0. The van der Waals surface area contributed by atoms with Crippen molar-refractivity contribution in [1.29, 1.82) is 0 Å². The maximum absolute atomic E-state index is 9.60. The van der Waals surface area contributed by atoms with Gasteiger partial charge in [-0.2, -0.15) is 0 Å². The van der Waals surface area contributed by atoms with E-state index in [0.717, 1.165) is 7.11 Å². The fraction of sp³-hybridized carbons (Fsp3) is 0.727. The lowest BCUT2D eigenvalue weighted by atomic mass is 10.4. The average molecular weight is 268 g/mol. The van der Waals surface area contributed by atoms with E-state index in [1.165, 1.54) is 6.92 Å². The zero-order chi connectivity index (χ0) is 14.8. The zero-order valence-electron chi connectivity index (χ0n) is 11.0. The quantitative estimate of drug-likeness (QED) is 0.338. The third-order valence-electron chi connectivity index (χ3n) is 1.21. The van der Waals surface area contributed by atoms with E-state index in [-0.39, 0.29) is 18.8 Å². The molecule has 4 N–H and O–H groups in total. The van der Waals surface area contributed by atoms with Crippen LogP contribution in [0.2, 0.25) is 0 Å². The summed E-state index contributed by atoms with van der Waals surface area (Å²) < 4.78 is 9.75. The second-order valence-electron chi connectivity index (χ2n) is 2.76. The number of hydrogen-bond acceptors (Lipinski definition) is 6. The van der Waals surface area contributed by atoms with E-state index in [4.69, 9.17) is 29.9 Å². The number of hydrogen-bond donors (Lipinski definition) is 4. The van der Waals surface area contributed by atoms with Crippen LogP contribution in [-0.4, -0.2) is 73.1 Å². The minimum atomic E-state index is -0.935. The van der Waals surface area contributed by atoms with Gasteiger partial charge in [-0.25, -0.2) is 4.79 Å².